The van der Waals surface area contributed by atoms with E-state index >= 15 is 0 Å². The zero-order valence-electron chi connectivity index (χ0n) is 15.1. The van der Waals surface area contributed by atoms with Gasteiger partial charge in [-0.3, -0.25) is 9.59 Å². The molecule has 0 aromatic heterocycles. The molecule has 1 unspecified atom stereocenters. The Bertz CT molecular complexity index is 1000. The number of hydrogen-bond acceptors (Lipinski definition) is 4. The number of amides is 1. The van der Waals surface area contributed by atoms with Crippen molar-refractivity contribution in [2.75, 3.05) is 13.2 Å². The van der Waals surface area contributed by atoms with E-state index in [0.717, 1.165) is 0 Å². The van der Waals surface area contributed by atoms with Crippen LogP contribution < -0.4 is 14.8 Å². The van der Waals surface area contributed by atoms with Crippen molar-refractivity contribution in [3.8, 4) is 11.5 Å². The second-order valence-electron chi connectivity index (χ2n) is 6.45. The van der Waals surface area contributed by atoms with Gasteiger partial charge in [-0.2, -0.15) is 0 Å². The molecule has 0 aliphatic carbocycles. The molecule has 3 aromatic rings. The fourth-order valence-electron chi connectivity index (χ4n) is 3.09. The summed E-state index contributed by atoms with van der Waals surface area (Å²) in [5.74, 6) is 0.858. The van der Waals surface area contributed by atoms with Crippen LogP contribution in [0.1, 0.15) is 26.3 Å². The van der Waals surface area contributed by atoms with Crippen molar-refractivity contribution in [2.24, 2.45) is 0 Å². The molecule has 0 saturated carbocycles. The quantitative estimate of drug-likeness (QED) is 0.696. The largest absolute Gasteiger partial charge is 0.486 e. The van der Waals surface area contributed by atoms with Crippen LogP contribution in [0.3, 0.4) is 0 Å². The molecule has 1 aliphatic heterocycles. The van der Waals surface area contributed by atoms with Gasteiger partial charge in [0.15, 0.2) is 17.3 Å². The van der Waals surface area contributed by atoms with Gasteiger partial charge in [0.05, 0.1) is 12.1 Å². The monoisotopic (exact) mass is 373 g/mol. The Balaban J connectivity index is 1.45. The Morgan fingerprint density at radius 1 is 0.821 bits per heavy atom. The fraction of sp³-hybridized carbons (Fsp3) is 0.130. The molecule has 140 valence electrons. The Morgan fingerprint density at radius 2 is 1.46 bits per heavy atom. The van der Waals surface area contributed by atoms with Crippen LogP contribution in [0.15, 0.2) is 78.9 Å². The average molecular weight is 373 g/mol. The fourth-order valence-corrected chi connectivity index (χ4v) is 3.09. The maximum Gasteiger partial charge on any atom is 0.252 e. The first-order valence-corrected chi connectivity index (χ1v) is 9.08. The predicted molar refractivity (Wildman–Crippen MR) is 105 cm³/mol. The van der Waals surface area contributed by atoms with E-state index in [9.17, 15) is 9.59 Å². The SMILES string of the molecule is O=C(NCC1COc2ccccc2O1)c1ccccc1C(=O)c1ccccc1. The van der Waals surface area contributed by atoms with Crippen LogP contribution >= 0.6 is 0 Å². The number of fused-ring (bicyclic) bond motifs is 1. The predicted octanol–water partition coefficient (Wildman–Crippen LogP) is 3.49. The summed E-state index contributed by atoms with van der Waals surface area (Å²) < 4.78 is 11.5. The highest BCUT2D eigenvalue weighted by Gasteiger charge is 2.23. The van der Waals surface area contributed by atoms with E-state index in [-0.39, 0.29) is 24.3 Å². The highest BCUT2D eigenvalue weighted by Crippen LogP contribution is 2.30. The molecule has 5 heteroatoms. The third kappa shape index (κ3) is 3.74. The summed E-state index contributed by atoms with van der Waals surface area (Å²) in [6.07, 6.45) is -0.296. The summed E-state index contributed by atoms with van der Waals surface area (Å²) >= 11 is 0. The van der Waals surface area contributed by atoms with Gasteiger partial charge in [-0.25, -0.2) is 0 Å². The summed E-state index contributed by atoms with van der Waals surface area (Å²) in [7, 11) is 0. The Labute approximate surface area is 162 Å². The lowest BCUT2D eigenvalue weighted by Crippen LogP contribution is -2.41. The number of nitrogens with one attached hydrogen (secondary N) is 1. The third-order valence-corrected chi connectivity index (χ3v) is 4.51. The molecular formula is C23H19NO4. The molecule has 0 fully saturated rings. The van der Waals surface area contributed by atoms with Crippen LogP contribution in [0.4, 0.5) is 0 Å². The number of ether oxygens (including phenoxy) is 2. The van der Waals surface area contributed by atoms with Crippen molar-refractivity contribution in [1.82, 2.24) is 5.32 Å². The minimum atomic E-state index is -0.317. The molecule has 1 N–H and O–H groups in total. The molecule has 1 amide bonds. The molecule has 0 radical (unpaired) electrons. The molecule has 3 aromatic carbocycles. The van der Waals surface area contributed by atoms with Crippen molar-refractivity contribution < 1.29 is 19.1 Å². The van der Waals surface area contributed by atoms with Crippen LogP contribution in [-0.4, -0.2) is 30.9 Å². The second-order valence-corrected chi connectivity index (χ2v) is 6.45. The first-order chi connectivity index (χ1) is 13.7. The first kappa shape index (κ1) is 17.8. The standard InChI is InChI=1S/C23H19NO4/c25-22(16-8-2-1-3-9-16)18-10-4-5-11-19(18)23(26)24-14-17-15-27-20-12-6-7-13-21(20)28-17/h1-13,17H,14-15H2,(H,24,26). The minimum absolute atomic E-state index is 0.183. The van der Waals surface area contributed by atoms with Gasteiger partial charge in [-0.05, 0) is 18.2 Å². The number of para-hydroxylation sites is 2. The number of carbonyl (C=O) groups is 2. The molecule has 4 rings (SSSR count). The molecule has 1 atom stereocenters. The van der Waals surface area contributed by atoms with Gasteiger partial charge in [0.2, 0.25) is 0 Å². The van der Waals surface area contributed by atoms with Gasteiger partial charge in [0.25, 0.3) is 5.91 Å². The van der Waals surface area contributed by atoms with Gasteiger partial charge < -0.3 is 14.8 Å². The second kappa shape index (κ2) is 7.96. The third-order valence-electron chi connectivity index (χ3n) is 4.51. The zero-order chi connectivity index (χ0) is 19.3. The van der Waals surface area contributed by atoms with E-state index in [1.165, 1.54) is 0 Å². The molecule has 5 nitrogen and oxygen atoms in total. The van der Waals surface area contributed by atoms with Crippen LogP contribution in [-0.2, 0) is 0 Å². The smallest absolute Gasteiger partial charge is 0.252 e. The molecule has 1 aliphatic rings. The van der Waals surface area contributed by atoms with Crippen molar-refractivity contribution in [1.29, 1.82) is 0 Å². The van der Waals surface area contributed by atoms with E-state index < -0.39 is 0 Å². The van der Waals surface area contributed by atoms with E-state index in [1.54, 1.807) is 48.5 Å². The zero-order valence-corrected chi connectivity index (χ0v) is 15.1. The molecule has 28 heavy (non-hydrogen) atoms. The van der Waals surface area contributed by atoms with Gasteiger partial charge in [0, 0.05) is 11.1 Å². The molecule has 1 heterocycles. The lowest BCUT2D eigenvalue weighted by Gasteiger charge is -2.26. The number of hydrogen-bond donors (Lipinski definition) is 1. The van der Waals surface area contributed by atoms with Crippen LogP contribution in [0.25, 0.3) is 0 Å². The van der Waals surface area contributed by atoms with E-state index in [1.807, 2.05) is 30.3 Å². The van der Waals surface area contributed by atoms with Crippen LogP contribution in [0.5, 0.6) is 11.5 Å². The van der Waals surface area contributed by atoms with Crippen molar-refractivity contribution in [3.05, 3.63) is 95.6 Å². The maximum atomic E-state index is 12.8. The summed E-state index contributed by atoms with van der Waals surface area (Å²) in [5, 5.41) is 2.85. The Morgan fingerprint density at radius 3 is 2.25 bits per heavy atom. The van der Waals surface area contributed by atoms with Crippen LogP contribution in [0, 0.1) is 0 Å². The first-order valence-electron chi connectivity index (χ1n) is 9.08. The summed E-state index contributed by atoms with van der Waals surface area (Å²) in [6.45, 7) is 0.628. The number of carbonyl (C=O) groups excluding carboxylic acids is 2. The highest BCUT2D eigenvalue weighted by molar-refractivity contribution is 6.15. The van der Waals surface area contributed by atoms with Crippen LogP contribution in [0.2, 0.25) is 0 Å². The minimum Gasteiger partial charge on any atom is -0.486 e. The normalized spacial score (nSPS) is 14.9. The lowest BCUT2D eigenvalue weighted by atomic mass is 9.98. The van der Waals surface area contributed by atoms with Gasteiger partial charge in [-0.15, -0.1) is 0 Å². The van der Waals surface area contributed by atoms with E-state index in [4.69, 9.17) is 9.47 Å². The number of benzene rings is 3. The molecule has 0 bridgehead atoms. The van der Waals surface area contributed by atoms with Gasteiger partial charge in [-0.1, -0.05) is 60.7 Å². The number of ketones is 1. The Hall–Kier alpha value is -3.60. The van der Waals surface area contributed by atoms with Gasteiger partial charge in [0.1, 0.15) is 12.7 Å². The molecular weight excluding hydrogens is 354 g/mol. The van der Waals surface area contributed by atoms with Crippen molar-refractivity contribution in [3.63, 3.8) is 0 Å². The Kier molecular flexibility index (Phi) is 5.06. The maximum absolute atomic E-state index is 12.8. The number of rotatable bonds is 5. The molecule has 0 spiro atoms. The topological polar surface area (TPSA) is 64.6 Å². The summed E-state index contributed by atoms with van der Waals surface area (Å²) in [5.41, 5.74) is 1.26. The van der Waals surface area contributed by atoms with E-state index in [2.05, 4.69) is 5.32 Å². The van der Waals surface area contributed by atoms with E-state index in [0.29, 0.717) is 34.8 Å². The molecule has 0 saturated heterocycles. The highest BCUT2D eigenvalue weighted by atomic mass is 16.6. The van der Waals surface area contributed by atoms with Gasteiger partial charge >= 0.3 is 0 Å². The summed E-state index contributed by atoms with van der Waals surface area (Å²) in [4.78, 5) is 25.5. The lowest BCUT2D eigenvalue weighted by molar-refractivity contribution is 0.0787. The average Bonchev–Trinajstić information content (AvgIpc) is 2.77. The summed E-state index contributed by atoms with van der Waals surface area (Å²) in [6, 6.07) is 23.2. The van der Waals surface area contributed by atoms with Crippen molar-refractivity contribution >= 4 is 11.7 Å². The van der Waals surface area contributed by atoms with Crippen molar-refractivity contribution in [2.45, 2.75) is 6.10 Å².